The molecule has 1 aromatic heterocycles. The summed E-state index contributed by atoms with van der Waals surface area (Å²) in [5.74, 6) is 0.917. The Morgan fingerprint density at radius 3 is 2.58 bits per heavy atom. The number of hydrogen-bond acceptors (Lipinski definition) is 4. The van der Waals surface area contributed by atoms with E-state index < -0.39 is 0 Å². The molecule has 0 atom stereocenters. The molecule has 0 aliphatic heterocycles. The monoisotopic (exact) mass is 264 g/mol. The van der Waals surface area contributed by atoms with Crippen LogP contribution >= 0.6 is 0 Å². The molecule has 3 N–H and O–H groups in total. The minimum atomic E-state index is -0.185. The minimum Gasteiger partial charge on any atom is -0.382 e. The van der Waals surface area contributed by atoms with E-state index in [9.17, 15) is 4.79 Å². The summed E-state index contributed by atoms with van der Waals surface area (Å²) in [6.07, 6.45) is 8.74. The lowest BCUT2D eigenvalue weighted by molar-refractivity contribution is 0.0947. The predicted molar refractivity (Wildman–Crippen MR) is 76.7 cm³/mol. The van der Waals surface area contributed by atoms with E-state index in [0.29, 0.717) is 18.1 Å². The molecule has 0 radical (unpaired) electrons. The number of nitrogens with one attached hydrogen (secondary N) is 1. The van der Waals surface area contributed by atoms with Crippen LogP contribution in [0.5, 0.6) is 0 Å². The summed E-state index contributed by atoms with van der Waals surface area (Å²) in [6.45, 7) is 5.17. The summed E-state index contributed by atoms with van der Waals surface area (Å²) in [6, 6.07) is 0. The number of amides is 1. The summed E-state index contributed by atoms with van der Waals surface area (Å²) in [4.78, 5) is 19.4. The molecule has 0 saturated heterocycles. The molecule has 0 unspecified atom stereocenters. The van der Waals surface area contributed by atoms with Gasteiger partial charge in [0, 0.05) is 6.54 Å². The van der Waals surface area contributed by atoms with Crippen molar-refractivity contribution in [3.05, 3.63) is 18.1 Å². The highest BCUT2D eigenvalue weighted by Gasteiger charge is 2.06. The van der Waals surface area contributed by atoms with Crippen molar-refractivity contribution in [1.29, 1.82) is 0 Å². The highest BCUT2D eigenvalue weighted by Crippen LogP contribution is 2.09. The van der Waals surface area contributed by atoms with Crippen LogP contribution in [0.4, 0.5) is 5.82 Å². The number of aromatic nitrogens is 2. The molecule has 5 nitrogen and oxygen atoms in total. The summed E-state index contributed by atoms with van der Waals surface area (Å²) in [5.41, 5.74) is 5.72. The van der Waals surface area contributed by atoms with Crippen LogP contribution in [-0.2, 0) is 0 Å². The number of carbonyl (C=O) groups is 1. The van der Waals surface area contributed by atoms with Gasteiger partial charge in [-0.2, -0.15) is 0 Å². The number of rotatable bonds is 8. The lowest BCUT2D eigenvalue weighted by Gasteiger charge is -2.06. The van der Waals surface area contributed by atoms with Gasteiger partial charge in [0.2, 0.25) is 0 Å². The van der Waals surface area contributed by atoms with Crippen LogP contribution in [0, 0.1) is 5.92 Å². The van der Waals surface area contributed by atoms with Gasteiger partial charge >= 0.3 is 0 Å². The molecular formula is C14H24N4O. The van der Waals surface area contributed by atoms with Crippen molar-refractivity contribution >= 4 is 11.7 Å². The summed E-state index contributed by atoms with van der Waals surface area (Å²) >= 11 is 0. The van der Waals surface area contributed by atoms with Gasteiger partial charge in [0.05, 0.1) is 12.4 Å². The van der Waals surface area contributed by atoms with Gasteiger partial charge in [-0.1, -0.05) is 39.5 Å². The molecule has 1 heterocycles. The summed E-state index contributed by atoms with van der Waals surface area (Å²) in [7, 11) is 0. The second-order valence-electron chi connectivity index (χ2n) is 5.18. The Bertz CT molecular complexity index is 376. The van der Waals surface area contributed by atoms with Crippen LogP contribution in [0.2, 0.25) is 0 Å². The van der Waals surface area contributed by atoms with Crippen molar-refractivity contribution in [1.82, 2.24) is 15.3 Å². The molecule has 0 bridgehead atoms. The Kier molecular flexibility index (Phi) is 6.85. The smallest absolute Gasteiger partial charge is 0.271 e. The Hall–Kier alpha value is -1.65. The van der Waals surface area contributed by atoms with Crippen molar-refractivity contribution in [2.75, 3.05) is 12.3 Å². The van der Waals surface area contributed by atoms with E-state index in [1.54, 1.807) is 0 Å². The van der Waals surface area contributed by atoms with Gasteiger partial charge in [0.15, 0.2) is 0 Å². The average Bonchev–Trinajstić information content (AvgIpc) is 2.38. The summed E-state index contributed by atoms with van der Waals surface area (Å²) < 4.78 is 0. The standard InChI is InChI=1S/C14H24N4O/c1-11(2)7-5-3-4-6-8-16-14(19)12-9-18-13(15)10-17-12/h9-11H,3-8H2,1-2H3,(H2,15,18)(H,16,19). The van der Waals surface area contributed by atoms with E-state index in [0.717, 1.165) is 18.8 Å². The zero-order chi connectivity index (χ0) is 14.1. The van der Waals surface area contributed by atoms with E-state index in [4.69, 9.17) is 5.73 Å². The number of unbranched alkanes of at least 4 members (excludes halogenated alkanes) is 3. The molecule has 1 amide bonds. The van der Waals surface area contributed by atoms with Crippen LogP contribution in [0.1, 0.15) is 56.4 Å². The second-order valence-corrected chi connectivity index (χ2v) is 5.18. The predicted octanol–water partition coefficient (Wildman–Crippen LogP) is 2.40. The number of carbonyl (C=O) groups excluding carboxylic acids is 1. The molecule has 0 aliphatic rings. The quantitative estimate of drug-likeness (QED) is 0.706. The molecular weight excluding hydrogens is 240 g/mol. The topological polar surface area (TPSA) is 80.9 Å². The molecule has 19 heavy (non-hydrogen) atoms. The third-order valence-electron chi connectivity index (χ3n) is 2.90. The number of hydrogen-bond donors (Lipinski definition) is 2. The van der Waals surface area contributed by atoms with Gasteiger partial charge in [-0.05, 0) is 12.3 Å². The van der Waals surface area contributed by atoms with Gasteiger partial charge in [-0.25, -0.2) is 9.97 Å². The first-order valence-electron chi connectivity index (χ1n) is 6.95. The van der Waals surface area contributed by atoms with E-state index in [-0.39, 0.29) is 5.91 Å². The maximum absolute atomic E-state index is 11.7. The number of nitrogens with two attached hydrogens (primary N) is 1. The van der Waals surface area contributed by atoms with Gasteiger partial charge in [-0.15, -0.1) is 0 Å². The van der Waals surface area contributed by atoms with Crippen LogP contribution in [0.3, 0.4) is 0 Å². The van der Waals surface area contributed by atoms with Crippen LogP contribution in [0.25, 0.3) is 0 Å². The van der Waals surface area contributed by atoms with Gasteiger partial charge < -0.3 is 11.1 Å². The first-order valence-corrected chi connectivity index (χ1v) is 6.95. The van der Waals surface area contributed by atoms with Crippen molar-refractivity contribution in [3.63, 3.8) is 0 Å². The van der Waals surface area contributed by atoms with E-state index in [1.165, 1.54) is 31.7 Å². The zero-order valence-corrected chi connectivity index (χ0v) is 11.9. The third kappa shape index (κ3) is 6.74. The molecule has 0 aromatic carbocycles. The van der Waals surface area contributed by atoms with Crippen LogP contribution < -0.4 is 11.1 Å². The van der Waals surface area contributed by atoms with Crippen LogP contribution in [0.15, 0.2) is 12.4 Å². The highest BCUT2D eigenvalue weighted by atomic mass is 16.1. The molecule has 106 valence electrons. The Balaban J connectivity index is 2.09. The SMILES string of the molecule is CC(C)CCCCCCNC(=O)c1cnc(N)cn1. The Labute approximate surface area is 115 Å². The van der Waals surface area contributed by atoms with Crippen molar-refractivity contribution in [2.24, 2.45) is 5.92 Å². The molecule has 0 aliphatic carbocycles. The first kappa shape index (κ1) is 15.4. The van der Waals surface area contributed by atoms with Crippen LogP contribution in [-0.4, -0.2) is 22.4 Å². The maximum Gasteiger partial charge on any atom is 0.271 e. The van der Waals surface area contributed by atoms with Crippen molar-refractivity contribution < 1.29 is 4.79 Å². The Morgan fingerprint density at radius 1 is 1.21 bits per heavy atom. The first-order chi connectivity index (χ1) is 9.09. The third-order valence-corrected chi connectivity index (χ3v) is 2.90. The van der Waals surface area contributed by atoms with Gasteiger partial charge in [0.1, 0.15) is 11.5 Å². The van der Waals surface area contributed by atoms with Crippen molar-refractivity contribution in [2.45, 2.75) is 46.0 Å². The van der Waals surface area contributed by atoms with Gasteiger partial charge in [0.25, 0.3) is 5.91 Å². The van der Waals surface area contributed by atoms with E-state index >= 15 is 0 Å². The fourth-order valence-electron chi connectivity index (χ4n) is 1.78. The highest BCUT2D eigenvalue weighted by molar-refractivity contribution is 5.91. The van der Waals surface area contributed by atoms with E-state index in [1.807, 2.05) is 0 Å². The largest absolute Gasteiger partial charge is 0.382 e. The molecule has 0 spiro atoms. The normalized spacial score (nSPS) is 10.7. The summed E-state index contributed by atoms with van der Waals surface area (Å²) in [5, 5.41) is 2.84. The molecule has 1 aromatic rings. The second kappa shape index (κ2) is 8.45. The lowest BCUT2D eigenvalue weighted by atomic mass is 10.0. The lowest BCUT2D eigenvalue weighted by Crippen LogP contribution is -2.25. The van der Waals surface area contributed by atoms with E-state index in [2.05, 4.69) is 29.1 Å². The Morgan fingerprint density at radius 2 is 1.95 bits per heavy atom. The zero-order valence-electron chi connectivity index (χ0n) is 11.9. The number of nitrogens with zero attached hydrogens (tertiary/aromatic N) is 2. The molecule has 0 fully saturated rings. The minimum absolute atomic E-state index is 0.185. The van der Waals surface area contributed by atoms with Crippen molar-refractivity contribution in [3.8, 4) is 0 Å². The fraction of sp³-hybridized carbons (Fsp3) is 0.643. The fourth-order valence-corrected chi connectivity index (χ4v) is 1.78. The average molecular weight is 264 g/mol. The number of nitrogen functional groups attached to an aromatic ring is 1. The molecule has 5 heteroatoms. The molecule has 1 rings (SSSR count). The molecule has 0 saturated carbocycles. The maximum atomic E-state index is 11.7. The number of anilines is 1. The van der Waals surface area contributed by atoms with Gasteiger partial charge in [-0.3, -0.25) is 4.79 Å².